The van der Waals surface area contributed by atoms with Crippen molar-refractivity contribution in [2.45, 2.75) is 19.5 Å². The second-order valence-electron chi connectivity index (χ2n) is 8.19. The molecule has 0 unspecified atom stereocenters. The Bertz CT molecular complexity index is 1490. The van der Waals surface area contributed by atoms with Crippen LogP contribution in [0.5, 0.6) is 0 Å². The highest BCUT2D eigenvalue weighted by atomic mass is 32.1. The van der Waals surface area contributed by atoms with Gasteiger partial charge in [-0.1, -0.05) is 23.4 Å². The van der Waals surface area contributed by atoms with Gasteiger partial charge in [-0.2, -0.15) is 4.98 Å². The first-order chi connectivity index (χ1) is 17.1. The normalized spacial score (nSPS) is 15.3. The fraction of sp³-hybridized carbons (Fsp3) is 0.160. The van der Waals surface area contributed by atoms with Crippen LogP contribution in [0, 0.1) is 5.82 Å². The van der Waals surface area contributed by atoms with Gasteiger partial charge in [-0.3, -0.25) is 4.79 Å². The fourth-order valence-electron chi connectivity index (χ4n) is 4.24. The third-order valence-corrected chi connectivity index (χ3v) is 7.02. The number of hydrogen-bond donors (Lipinski definition) is 0. The molecule has 5 aromatic rings. The van der Waals surface area contributed by atoms with Crippen molar-refractivity contribution in [1.29, 1.82) is 0 Å². The van der Waals surface area contributed by atoms with Crippen LogP contribution in [0.25, 0.3) is 33.5 Å². The Kier molecular flexibility index (Phi) is 5.22. The minimum atomic E-state index is -0.337. The molecule has 0 fully saturated rings. The van der Waals surface area contributed by atoms with E-state index in [0.29, 0.717) is 41.7 Å². The number of fused-ring (bicyclic) bond motifs is 1. The first kappa shape index (κ1) is 21.4. The average molecular weight is 487 g/mol. The van der Waals surface area contributed by atoms with Gasteiger partial charge < -0.3 is 14.0 Å². The minimum absolute atomic E-state index is 0.0533. The molecule has 0 saturated carbocycles. The van der Waals surface area contributed by atoms with Crippen LogP contribution in [0.3, 0.4) is 0 Å². The molecule has 3 aromatic heterocycles. The third kappa shape index (κ3) is 3.81. The number of aromatic nitrogens is 5. The van der Waals surface area contributed by atoms with Crippen molar-refractivity contribution in [3.8, 4) is 33.5 Å². The Morgan fingerprint density at radius 3 is 2.54 bits per heavy atom. The fourth-order valence-corrected chi connectivity index (χ4v) is 4.97. The summed E-state index contributed by atoms with van der Waals surface area (Å²) in [6.45, 7) is 2.91. The van der Waals surface area contributed by atoms with Crippen LogP contribution in [0.15, 0.2) is 70.6 Å². The summed E-state index contributed by atoms with van der Waals surface area (Å²) in [5, 5.41) is 14.6. The first-order valence-electron chi connectivity index (χ1n) is 11.1. The van der Waals surface area contributed by atoms with E-state index < -0.39 is 0 Å². The van der Waals surface area contributed by atoms with Crippen molar-refractivity contribution in [3.05, 3.63) is 83.2 Å². The topological polar surface area (TPSA) is 89.9 Å². The SMILES string of the molecule is C[C@H]1c2nnc(-c3nc(-c4ccc(F)cc4)no3)n2CCN1C(=O)c1ccc(-c2cccs2)cc1. The molecule has 0 saturated heterocycles. The number of rotatable bonds is 4. The molecule has 8 nitrogen and oxygen atoms in total. The molecule has 35 heavy (non-hydrogen) atoms. The van der Waals surface area contributed by atoms with Gasteiger partial charge in [0.25, 0.3) is 11.8 Å². The molecule has 0 radical (unpaired) electrons. The second-order valence-corrected chi connectivity index (χ2v) is 9.14. The summed E-state index contributed by atoms with van der Waals surface area (Å²) < 4.78 is 20.5. The first-order valence-corrected chi connectivity index (χ1v) is 11.9. The maximum atomic E-state index is 13.3. The number of amides is 1. The quantitative estimate of drug-likeness (QED) is 0.352. The van der Waals surface area contributed by atoms with Crippen LogP contribution in [-0.4, -0.2) is 42.3 Å². The molecule has 6 rings (SSSR count). The molecule has 0 N–H and O–H groups in total. The molecule has 10 heteroatoms. The van der Waals surface area contributed by atoms with E-state index in [1.807, 2.05) is 47.2 Å². The van der Waals surface area contributed by atoms with Crippen molar-refractivity contribution in [2.24, 2.45) is 0 Å². The van der Waals surface area contributed by atoms with Gasteiger partial charge >= 0.3 is 0 Å². The van der Waals surface area contributed by atoms with E-state index in [4.69, 9.17) is 4.52 Å². The van der Waals surface area contributed by atoms with E-state index in [2.05, 4.69) is 26.4 Å². The number of benzene rings is 2. The molecular weight excluding hydrogens is 467 g/mol. The molecule has 4 heterocycles. The molecule has 0 bridgehead atoms. The predicted octanol–water partition coefficient (Wildman–Crippen LogP) is 5.08. The van der Waals surface area contributed by atoms with Gasteiger partial charge in [0.05, 0.1) is 6.04 Å². The second kappa shape index (κ2) is 8.55. The van der Waals surface area contributed by atoms with Gasteiger partial charge in [0.15, 0.2) is 5.82 Å². The summed E-state index contributed by atoms with van der Waals surface area (Å²) in [5.41, 5.74) is 2.35. The molecule has 174 valence electrons. The summed E-state index contributed by atoms with van der Waals surface area (Å²) in [6, 6.07) is 17.3. The maximum Gasteiger partial charge on any atom is 0.296 e. The average Bonchev–Trinajstić information content (AvgIpc) is 3.65. The third-order valence-electron chi connectivity index (χ3n) is 6.10. The smallest absolute Gasteiger partial charge is 0.296 e. The van der Waals surface area contributed by atoms with E-state index in [9.17, 15) is 9.18 Å². The van der Waals surface area contributed by atoms with E-state index in [1.165, 1.54) is 17.0 Å². The van der Waals surface area contributed by atoms with Crippen molar-refractivity contribution >= 4 is 17.2 Å². The Morgan fingerprint density at radius 2 is 1.80 bits per heavy atom. The number of carbonyl (C=O) groups is 1. The standard InChI is InChI=1S/C25H19FN6O2S/c1-15-22-28-29-23(24-27-21(30-34-24)17-8-10-19(26)11-9-17)32(22)13-12-31(15)25(33)18-6-4-16(5-7-18)20-3-2-14-35-20/h2-11,14-15H,12-13H2,1H3/t15-/m0/s1. The lowest BCUT2D eigenvalue weighted by Crippen LogP contribution is -2.41. The zero-order valence-corrected chi connectivity index (χ0v) is 19.4. The minimum Gasteiger partial charge on any atom is -0.330 e. The molecule has 0 spiro atoms. The van der Waals surface area contributed by atoms with Gasteiger partial charge in [0.2, 0.25) is 11.6 Å². The Balaban J connectivity index is 1.23. The molecular formula is C25H19FN6O2S. The van der Waals surface area contributed by atoms with Gasteiger partial charge in [-0.15, -0.1) is 21.5 Å². The monoisotopic (exact) mass is 486 g/mol. The largest absolute Gasteiger partial charge is 0.330 e. The van der Waals surface area contributed by atoms with Gasteiger partial charge in [0.1, 0.15) is 5.82 Å². The number of nitrogens with zero attached hydrogens (tertiary/aromatic N) is 6. The van der Waals surface area contributed by atoms with Gasteiger partial charge in [0, 0.05) is 29.1 Å². The zero-order valence-electron chi connectivity index (χ0n) is 18.6. The summed E-state index contributed by atoms with van der Waals surface area (Å²) >= 11 is 1.67. The predicted molar refractivity (Wildman–Crippen MR) is 128 cm³/mol. The summed E-state index contributed by atoms with van der Waals surface area (Å²) in [5.74, 6) is 1.26. The Morgan fingerprint density at radius 1 is 1.03 bits per heavy atom. The lowest BCUT2D eigenvalue weighted by Gasteiger charge is -2.33. The van der Waals surface area contributed by atoms with Crippen molar-refractivity contribution in [1.82, 2.24) is 29.8 Å². The zero-order chi connectivity index (χ0) is 23.9. The highest BCUT2D eigenvalue weighted by Crippen LogP contribution is 2.31. The molecule has 1 aliphatic heterocycles. The van der Waals surface area contributed by atoms with Crippen LogP contribution in [-0.2, 0) is 6.54 Å². The maximum absolute atomic E-state index is 13.3. The van der Waals surface area contributed by atoms with Crippen LogP contribution < -0.4 is 0 Å². The number of thiophene rings is 1. The summed E-state index contributed by atoms with van der Waals surface area (Å²) in [4.78, 5) is 20.7. The lowest BCUT2D eigenvalue weighted by atomic mass is 10.1. The van der Waals surface area contributed by atoms with Gasteiger partial charge in [-0.05, 0) is 60.3 Å². The van der Waals surface area contributed by atoms with E-state index in [1.54, 1.807) is 28.4 Å². The summed E-state index contributed by atoms with van der Waals surface area (Å²) in [7, 11) is 0. The van der Waals surface area contributed by atoms with E-state index in [-0.39, 0.29) is 23.7 Å². The number of carbonyl (C=O) groups excluding carboxylic acids is 1. The number of hydrogen-bond acceptors (Lipinski definition) is 7. The Hall–Kier alpha value is -4.18. The molecule has 1 aliphatic rings. The Labute approximate surface area is 203 Å². The van der Waals surface area contributed by atoms with Crippen molar-refractivity contribution in [2.75, 3.05) is 6.54 Å². The number of halogens is 1. The van der Waals surface area contributed by atoms with Crippen LogP contribution in [0.4, 0.5) is 4.39 Å². The molecule has 1 amide bonds. The molecule has 0 aliphatic carbocycles. The van der Waals surface area contributed by atoms with Crippen molar-refractivity contribution in [3.63, 3.8) is 0 Å². The van der Waals surface area contributed by atoms with E-state index in [0.717, 1.165) is 5.56 Å². The highest BCUT2D eigenvalue weighted by Gasteiger charge is 2.33. The highest BCUT2D eigenvalue weighted by molar-refractivity contribution is 7.13. The summed E-state index contributed by atoms with van der Waals surface area (Å²) in [6.07, 6.45) is 0. The van der Waals surface area contributed by atoms with Crippen molar-refractivity contribution < 1.29 is 13.7 Å². The van der Waals surface area contributed by atoms with Gasteiger partial charge in [-0.25, -0.2) is 4.39 Å². The van der Waals surface area contributed by atoms with Crippen LogP contribution >= 0.6 is 11.3 Å². The van der Waals surface area contributed by atoms with Crippen LogP contribution in [0.1, 0.15) is 29.1 Å². The molecule has 1 atom stereocenters. The van der Waals surface area contributed by atoms with E-state index >= 15 is 0 Å². The molecule has 2 aromatic carbocycles. The lowest BCUT2D eigenvalue weighted by molar-refractivity contribution is 0.0638. The van der Waals surface area contributed by atoms with Crippen LogP contribution in [0.2, 0.25) is 0 Å².